The lowest BCUT2D eigenvalue weighted by Crippen LogP contribution is -2.15. The van der Waals surface area contributed by atoms with Gasteiger partial charge in [0.2, 0.25) is 0 Å². The third-order valence-corrected chi connectivity index (χ3v) is 4.53. The third-order valence-electron chi connectivity index (χ3n) is 3.00. The first-order valence-corrected chi connectivity index (χ1v) is 7.43. The van der Waals surface area contributed by atoms with Crippen molar-refractivity contribution in [3.63, 3.8) is 0 Å². The van der Waals surface area contributed by atoms with Crippen molar-refractivity contribution in [1.29, 1.82) is 0 Å². The normalized spacial score (nSPS) is 11.3. The Morgan fingerprint density at radius 2 is 1.85 bits per heavy atom. The van der Waals surface area contributed by atoms with Gasteiger partial charge >= 0.3 is 0 Å². The van der Waals surface area contributed by atoms with Crippen molar-refractivity contribution >= 4 is 21.4 Å². The Balaban J connectivity index is 2.44. The molecule has 20 heavy (non-hydrogen) atoms. The van der Waals surface area contributed by atoms with Crippen LogP contribution in [0.2, 0.25) is 0 Å². The van der Waals surface area contributed by atoms with E-state index >= 15 is 0 Å². The molecule has 0 aliphatic rings. The fraction of sp³-hybridized carbons (Fsp3) is 0.143. The lowest BCUT2D eigenvalue weighted by Gasteiger charge is -2.13. The van der Waals surface area contributed by atoms with E-state index in [-0.39, 0.29) is 16.1 Å². The van der Waals surface area contributed by atoms with Crippen LogP contribution in [0.3, 0.4) is 0 Å². The first-order chi connectivity index (χ1) is 9.31. The van der Waals surface area contributed by atoms with Crippen LogP contribution in [0, 0.1) is 19.7 Å². The highest BCUT2D eigenvalue weighted by atomic mass is 32.2. The molecule has 0 amide bonds. The molecule has 0 aromatic heterocycles. The number of benzene rings is 2. The number of halogens is 1. The Kier molecular flexibility index (Phi) is 3.67. The van der Waals surface area contributed by atoms with E-state index in [0.29, 0.717) is 11.3 Å². The lowest BCUT2D eigenvalue weighted by molar-refractivity contribution is 0.600. The van der Waals surface area contributed by atoms with Gasteiger partial charge in [-0.3, -0.25) is 4.72 Å². The molecule has 0 radical (unpaired) electrons. The summed E-state index contributed by atoms with van der Waals surface area (Å²) in [4.78, 5) is 0.121. The van der Waals surface area contributed by atoms with E-state index in [4.69, 9.17) is 5.73 Å². The molecule has 2 aromatic carbocycles. The highest BCUT2D eigenvalue weighted by Gasteiger charge is 2.18. The van der Waals surface area contributed by atoms with Crippen LogP contribution >= 0.6 is 0 Å². The minimum Gasteiger partial charge on any atom is -0.399 e. The van der Waals surface area contributed by atoms with E-state index in [2.05, 4.69) is 4.72 Å². The lowest BCUT2D eigenvalue weighted by atomic mass is 10.2. The fourth-order valence-corrected chi connectivity index (χ4v) is 3.24. The molecule has 0 spiro atoms. The molecule has 4 nitrogen and oxygen atoms in total. The highest BCUT2D eigenvalue weighted by Crippen LogP contribution is 2.24. The number of anilines is 2. The molecule has 2 aromatic rings. The van der Waals surface area contributed by atoms with Gasteiger partial charge in [-0.2, -0.15) is 0 Å². The van der Waals surface area contributed by atoms with Gasteiger partial charge in [-0.15, -0.1) is 0 Å². The summed E-state index contributed by atoms with van der Waals surface area (Å²) in [5, 5.41) is 0. The summed E-state index contributed by atoms with van der Waals surface area (Å²) in [5.41, 5.74) is 7.10. The van der Waals surface area contributed by atoms with Crippen LogP contribution in [-0.2, 0) is 10.0 Å². The van der Waals surface area contributed by atoms with E-state index in [0.717, 1.165) is 0 Å². The molecule has 6 heteroatoms. The number of hydrogen-bond acceptors (Lipinski definition) is 3. The number of nitrogens with two attached hydrogens (primary N) is 1. The van der Waals surface area contributed by atoms with Gasteiger partial charge in [0.15, 0.2) is 0 Å². The van der Waals surface area contributed by atoms with Crippen molar-refractivity contribution in [3.8, 4) is 0 Å². The second-order valence-electron chi connectivity index (χ2n) is 4.54. The summed E-state index contributed by atoms with van der Waals surface area (Å²) < 4.78 is 40.5. The maximum absolute atomic E-state index is 13.4. The van der Waals surface area contributed by atoms with Crippen molar-refractivity contribution in [2.24, 2.45) is 0 Å². The van der Waals surface area contributed by atoms with E-state index < -0.39 is 15.8 Å². The topological polar surface area (TPSA) is 72.2 Å². The summed E-state index contributed by atoms with van der Waals surface area (Å²) in [6.45, 7) is 3.17. The van der Waals surface area contributed by atoms with E-state index in [1.54, 1.807) is 13.0 Å². The summed E-state index contributed by atoms with van der Waals surface area (Å²) in [7, 11) is -3.77. The Morgan fingerprint density at radius 3 is 2.50 bits per heavy atom. The van der Waals surface area contributed by atoms with E-state index in [9.17, 15) is 12.8 Å². The predicted octanol–water partition coefficient (Wildman–Crippen LogP) is 2.83. The van der Waals surface area contributed by atoms with Crippen molar-refractivity contribution in [2.45, 2.75) is 18.7 Å². The van der Waals surface area contributed by atoms with Gasteiger partial charge in [-0.25, -0.2) is 12.8 Å². The zero-order valence-corrected chi connectivity index (χ0v) is 12.0. The number of sulfonamides is 1. The Hall–Kier alpha value is -2.08. The van der Waals surface area contributed by atoms with E-state index in [1.165, 1.54) is 37.3 Å². The smallest absolute Gasteiger partial charge is 0.262 e. The van der Waals surface area contributed by atoms with Gasteiger partial charge in [-0.05, 0) is 49.7 Å². The molecule has 0 fully saturated rings. The van der Waals surface area contributed by atoms with Gasteiger partial charge in [0, 0.05) is 11.3 Å². The number of rotatable bonds is 3. The van der Waals surface area contributed by atoms with Gasteiger partial charge in [0.25, 0.3) is 10.0 Å². The number of aryl methyl sites for hydroxylation is 1. The molecule has 106 valence electrons. The molecule has 0 heterocycles. The van der Waals surface area contributed by atoms with Crippen LogP contribution < -0.4 is 10.5 Å². The monoisotopic (exact) mass is 294 g/mol. The van der Waals surface area contributed by atoms with Gasteiger partial charge in [-0.1, -0.05) is 6.07 Å². The minimum absolute atomic E-state index is 0.121. The van der Waals surface area contributed by atoms with Crippen LogP contribution in [0.15, 0.2) is 41.3 Å². The predicted molar refractivity (Wildman–Crippen MR) is 77.5 cm³/mol. The summed E-state index contributed by atoms with van der Waals surface area (Å²) >= 11 is 0. The Bertz CT molecular complexity index is 758. The molecule has 0 saturated heterocycles. The quantitative estimate of drug-likeness (QED) is 0.855. The highest BCUT2D eigenvalue weighted by molar-refractivity contribution is 7.92. The molecule has 0 aliphatic carbocycles. The Labute approximate surface area is 117 Å². The summed E-state index contributed by atoms with van der Waals surface area (Å²) in [6.07, 6.45) is 0. The zero-order chi connectivity index (χ0) is 14.9. The zero-order valence-electron chi connectivity index (χ0n) is 11.1. The molecule has 2 rings (SSSR count). The van der Waals surface area contributed by atoms with E-state index in [1.807, 2.05) is 0 Å². The first-order valence-electron chi connectivity index (χ1n) is 5.95. The van der Waals surface area contributed by atoms with Gasteiger partial charge in [0.1, 0.15) is 5.82 Å². The minimum atomic E-state index is -3.77. The number of nitrogens with one attached hydrogen (secondary N) is 1. The maximum Gasteiger partial charge on any atom is 0.262 e. The van der Waals surface area contributed by atoms with Crippen molar-refractivity contribution in [2.75, 3.05) is 10.5 Å². The third kappa shape index (κ3) is 2.75. The molecule has 0 atom stereocenters. The standard InChI is InChI=1S/C14H15FN2O2S/c1-9-8-11(16)6-7-14(9)20(18,19)17-13-5-3-4-12(15)10(13)2/h3-8,17H,16H2,1-2H3. The van der Waals surface area contributed by atoms with Crippen LogP contribution in [0.5, 0.6) is 0 Å². The number of nitrogen functional groups attached to an aromatic ring is 1. The SMILES string of the molecule is Cc1cc(N)ccc1S(=O)(=O)Nc1cccc(F)c1C. The molecule has 0 aliphatic heterocycles. The van der Waals surface area contributed by atoms with Gasteiger partial charge in [0.05, 0.1) is 10.6 Å². The number of hydrogen-bond donors (Lipinski definition) is 2. The summed E-state index contributed by atoms with van der Waals surface area (Å²) in [5.74, 6) is -0.459. The second kappa shape index (κ2) is 5.13. The molecular weight excluding hydrogens is 279 g/mol. The maximum atomic E-state index is 13.4. The van der Waals surface area contributed by atoms with Crippen molar-refractivity contribution in [3.05, 3.63) is 53.3 Å². The summed E-state index contributed by atoms with van der Waals surface area (Å²) in [6, 6.07) is 8.77. The van der Waals surface area contributed by atoms with Crippen LogP contribution in [0.1, 0.15) is 11.1 Å². The average molecular weight is 294 g/mol. The van der Waals surface area contributed by atoms with Crippen LogP contribution in [-0.4, -0.2) is 8.42 Å². The second-order valence-corrected chi connectivity index (χ2v) is 6.19. The molecule has 0 unspecified atom stereocenters. The molecule has 3 N–H and O–H groups in total. The van der Waals surface area contributed by atoms with Crippen LogP contribution in [0.25, 0.3) is 0 Å². The fourth-order valence-electron chi connectivity index (χ4n) is 1.89. The molecule has 0 saturated carbocycles. The Morgan fingerprint density at radius 1 is 1.15 bits per heavy atom. The average Bonchev–Trinajstić information content (AvgIpc) is 2.34. The molecular formula is C14H15FN2O2S. The molecule has 0 bridgehead atoms. The van der Waals surface area contributed by atoms with Crippen LogP contribution in [0.4, 0.5) is 15.8 Å². The van der Waals surface area contributed by atoms with Crippen molar-refractivity contribution in [1.82, 2.24) is 0 Å². The first kappa shape index (κ1) is 14.3. The van der Waals surface area contributed by atoms with Crippen molar-refractivity contribution < 1.29 is 12.8 Å². The largest absolute Gasteiger partial charge is 0.399 e. The van der Waals surface area contributed by atoms with Gasteiger partial charge < -0.3 is 5.73 Å².